The van der Waals surface area contributed by atoms with Gasteiger partial charge in [0.15, 0.2) is 0 Å². The monoisotopic (exact) mass is 267 g/mol. The number of benzene rings is 1. The second kappa shape index (κ2) is 6.19. The van der Waals surface area contributed by atoms with Crippen molar-refractivity contribution in [1.29, 1.82) is 0 Å². The summed E-state index contributed by atoms with van der Waals surface area (Å²) in [5.41, 5.74) is 0.772. The Morgan fingerprint density at radius 2 is 1.94 bits per heavy atom. The molecule has 0 spiro atoms. The Morgan fingerprint density at radius 1 is 1.33 bits per heavy atom. The third kappa shape index (κ3) is 4.20. The van der Waals surface area contributed by atoms with E-state index in [-0.39, 0.29) is 17.9 Å². The van der Waals surface area contributed by atoms with E-state index in [1.165, 1.54) is 12.1 Å². The molecule has 0 amide bonds. The molecule has 0 fully saturated rings. The number of terminal acetylenes is 1. The van der Waals surface area contributed by atoms with Crippen LogP contribution in [0.15, 0.2) is 29.2 Å². The molecule has 0 saturated heterocycles. The number of nitrogens with one attached hydrogen (secondary N) is 1. The SMILES string of the molecule is C#CCNS(=O)(=O)c1ccc(CCC(=O)O)cc1. The van der Waals surface area contributed by atoms with Crippen LogP contribution in [-0.4, -0.2) is 26.0 Å². The number of carbonyl (C=O) groups is 1. The number of aliphatic carboxylic acids is 1. The van der Waals surface area contributed by atoms with Crippen molar-refractivity contribution in [2.75, 3.05) is 6.54 Å². The van der Waals surface area contributed by atoms with E-state index in [1.807, 2.05) is 0 Å². The van der Waals surface area contributed by atoms with Gasteiger partial charge in [0.2, 0.25) is 10.0 Å². The molecule has 1 rings (SSSR count). The smallest absolute Gasteiger partial charge is 0.303 e. The fourth-order valence-corrected chi connectivity index (χ4v) is 2.24. The third-order valence-corrected chi connectivity index (χ3v) is 3.64. The number of sulfonamides is 1. The molecule has 0 aliphatic heterocycles. The number of aryl methyl sites for hydroxylation is 1. The van der Waals surface area contributed by atoms with Crippen molar-refractivity contribution in [2.24, 2.45) is 0 Å². The summed E-state index contributed by atoms with van der Waals surface area (Å²) in [6, 6.07) is 6.03. The minimum atomic E-state index is -3.58. The molecular formula is C12H13NO4S. The van der Waals surface area contributed by atoms with Crippen molar-refractivity contribution in [3.05, 3.63) is 29.8 Å². The van der Waals surface area contributed by atoms with E-state index in [0.29, 0.717) is 6.42 Å². The van der Waals surface area contributed by atoms with E-state index in [4.69, 9.17) is 11.5 Å². The van der Waals surface area contributed by atoms with Gasteiger partial charge in [0.1, 0.15) is 0 Å². The predicted octanol–water partition coefficient (Wildman–Crippen LogP) is 0.615. The average molecular weight is 267 g/mol. The average Bonchev–Trinajstić information content (AvgIpc) is 2.34. The van der Waals surface area contributed by atoms with Crippen LogP contribution in [0.25, 0.3) is 0 Å². The molecular weight excluding hydrogens is 254 g/mol. The van der Waals surface area contributed by atoms with Crippen molar-refractivity contribution in [3.8, 4) is 12.3 Å². The Hall–Kier alpha value is -1.84. The fraction of sp³-hybridized carbons (Fsp3) is 0.250. The Labute approximate surface area is 106 Å². The van der Waals surface area contributed by atoms with E-state index < -0.39 is 16.0 Å². The molecule has 0 unspecified atom stereocenters. The Morgan fingerprint density at radius 3 is 2.44 bits per heavy atom. The summed E-state index contributed by atoms with van der Waals surface area (Å²) in [5.74, 6) is 1.30. The molecule has 96 valence electrons. The number of hydrogen-bond donors (Lipinski definition) is 2. The normalized spacial score (nSPS) is 10.8. The molecule has 0 heterocycles. The highest BCUT2D eigenvalue weighted by atomic mass is 32.2. The van der Waals surface area contributed by atoms with Crippen molar-refractivity contribution < 1.29 is 18.3 Å². The largest absolute Gasteiger partial charge is 0.481 e. The van der Waals surface area contributed by atoms with Gasteiger partial charge in [-0.1, -0.05) is 18.1 Å². The van der Waals surface area contributed by atoms with Crippen LogP contribution in [0.5, 0.6) is 0 Å². The van der Waals surface area contributed by atoms with Gasteiger partial charge in [0.05, 0.1) is 11.4 Å². The summed E-state index contributed by atoms with van der Waals surface area (Å²) in [6.45, 7) is -0.0664. The van der Waals surface area contributed by atoms with Crippen LogP contribution >= 0.6 is 0 Å². The van der Waals surface area contributed by atoms with Crippen LogP contribution in [0.3, 0.4) is 0 Å². The molecule has 1 aromatic carbocycles. The van der Waals surface area contributed by atoms with E-state index in [9.17, 15) is 13.2 Å². The van der Waals surface area contributed by atoms with Gasteiger partial charge in [-0.3, -0.25) is 4.79 Å². The van der Waals surface area contributed by atoms with E-state index in [1.54, 1.807) is 12.1 Å². The molecule has 0 aliphatic rings. The van der Waals surface area contributed by atoms with Crippen LogP contribution in [0.1, 0.15) is 12.0 Å². The van der Waals surface area contributed by atoms with Gasteiger partial charge in [0, 0.05) is 6.42 Å². The van der Waals surface area contributed by atoms with Gasteiger partial charge >= 0.3 is 5.97 Å². The lowest BCUT2D eigenvalue weighted by Crippen LogP contribution is -2.23. The lowest BCUT2D eigenvalue weighted by Gasteiger charge is -2.05. The molecule has 0 atom stereocenters. The summed E-state index contributed by atoms with van der Waals surface area (Å²) in [4.78, 5) is 10.5. The lowest BCUT2D eigenvalue weighted by atomic mass is 10.1. The van der Waals surface area contributed by atoms with Gasteiger partial charge in [-0.2, -0.15) is 4.72 Å². The molecule has 18 heavy (non-hydrogen) atoms. The molecule has 6 heteroatoms. The topological polar surface area (TPSA) is 83.5 Å². The molecule has 0 bridgehead atoms. The minimum Gasteiger partial charge on any atom is -0.481 e. The second-order valence-electron chi connectivity index (χ2n) is 3.57. The first-order valence-corrected chi connectivity index (χ1v) is 6.68. The van der Waals surface area contributed by atoms with Gasteiger partial charge < -0.3 is 5.11 Å². The maximum atomic E-state index is 11.7. The predicted molar refractivity (Wildman–Crippen MR) is 66.4 cm³/mol. The maximum Gasteiger partial charge on any atom is 0.303 e. The van der Waals surface area contributed by atoms with Gasteiger partial charge in [-0.05, 0) is 24.1 Å². The first kappa shape index (κ1) is 14.2. The lowest BCUT2D eigenvalue weighted by molar-refractivity contribution is -0.136. The fourth-order valence-electron chi connectivity index (χ4n) is 1.31. The van der Waals surface area contributed by atoms with E-state index in [2.05, 4.69) is 10.6 Å². The summed E-state index contributed by atoms with van der Waals surface area (Å²) in [5, 5.41) is 8.53. The number of hydrogen-bond acceptors (Lipinski definition) is 3. The summed E-state index contributed by atoms with van der Waals surface area (Å²) in [6.07, 6.45) is 5.36. The van der Waals surface area contributed by atoms with E-state index in [0.717, 1.165) is 5.56 Å². The zero-order chi connectivity index (χ0) is 13.6. The molecule has 5 nitrogen and oxygen atoms in total. The molecule has 2 N–H and O–H groups in total. The molecule has 0 saturated carbocycles. The van der Waals surface area contributed by atoms with Gasteiger partial charge in [-0.25, -0.2) is 8.42 Å². The maximum absolute atomic E-state index is 11.7. The zero-order valence-corrected chi connectivity index (χ0v) is 10.4. The highest BCUT2D eigenvalue weighted by Crippen LogP contribution is 2.11. The van der Waals surface area contributed by atoms with Crippen molar-refractivity contribution >= 4 is 16.0 Å². The molecule has 0 aliphatic carbocycles. The molecule has 0 aromatic heterocycles. The standard InChI is InChI=1S/C12H13NO4S/c1-2-9-13-18(16,17)11-6-3-10(4-7-11)5-8-12(14)15/h1,3-4,6-7,13H,5,8-9H2,(H,14,15). The Bertz CT molecular complexity index is 555. The van der Waals surface area contributed by atoms with Gasteiger partial charge in [0.25, 0.3) is 0 Å². The minimum absolute atomic E-state index is 0.0153. The van der Waals surface area contributed by atoms with Crippen molar-refractivity contribution in [2.45, 2.75) is 17.7 Å². The van der Waals surface area contributed by atoms with E-state index >= 15 is 0 Å². The highest BCUT2D eigenvalue weighted by molar-refractivity contribution is 7.89. The van der Waals surface area contributed by atoms with Crippen LogP contribution in [0.2, 0.25) is 0 Å². The number of carboxylic acids is 1. The quantitative estimate of drug-likeness (QED) is 0.740. The van der Waals surface area contributed by atoms with Crippen LogP contribution in [0.4, 0.5) is 0 Å². The Balaban J connectivity index is 2.77. The highest BCUT2D eigenvalue weighted by Gasteiger charge is 2.12. The van der Waals surface area contributed by atoms with Gasteiger partial charge in [-0.15, -0.1) is 6.42 Å². The van der Waals surface area contributed by atoms with Crippen LogP contribution in [0, 0.1) is 12.3 Å². The Kier molecular flexibility index (Phi) is 4.89. The van der Waals surface area contributed by atoms with Crippen LogP contribution in [-0.2, 0) is 21.2 Å². The van der Waals surface area contributed by atoms with Crippen molar-refractivity contribution in [1.82, 2.24) is 4.72 Å². The first-order valence-electron chi connectivity index (χ1n) is 5.19. The molecule has 1 aromatic rings. The second-order valence-corrected chi connectivity index (χ2v) is 5.33. The summed E-state index contributed by atoms with van der Waals surface area (Å²) < 4.78 is 25.6. The van der Waals surface area contributed by atoms with Crippen LogP contribution < -0.4 is 4.72 Å². The zero-order valence-electron chi connectivity index (χ0n) is 9.59. The third-order valence-electron chi connectivity index (χ3n) is 2.23. The molecule has 0 radical (unpaired) electrons. The van der Waals surface area contributed by atoms with Crippen molar-refractivity contribution in [3.63, 3.8) is 0 Å². The summed E-state index contributed by atoms with van der Waals surface area (Å²) in [7, 11) is -3.58. The summed E-state index contributed by atoms with van der Waals surface area (Å²) >= 11 is 0. The number of carboxylic acid groups (broad SMARTS) is 1. The number of rotatable bonds is 6. The first-order chi connectivity index (χ1) is 8.45.